The summed E-state index contributed by atoms with van der Waals surface area (Å²) in [6, 6.07) is 12.2. The van der Waals surface area contributed by atoms with Crippen LogP contribution in [0.2, 0.25) is 10.0 Å². The van der Waals surface area contributed by atoms with Crippen LogP contribution in [0.15, 0.2) is 64.4 Å². The molecular formula is C20H14Cl2N4O3S. The standard InChI is InChI=1S/C20H14Cl2N4O3S/c1-28-19(27)17-7-5-14(29-17)11-30-20-25-24-18(12-3-2-8-23-10-12)26(20)16-9-13(21)4-6-15(16)22/h2-10H,11H2,1H3. The van der Waals surface area contributed by atoms with E-state index in [1.165, 1.54) is 18.9 Å². The Hall–Kier alpha value is -2.81. The Labute approximate surface area is 186 Å². The molecule has 0 aliphatic carbocycles. The normalized spacial score (nSPS) is 10.9. The van der Waals surface area contributed by atoms with Crippen LogP contribution >= 0.6 is 35.0 Å². The smallest absolute Gasteiger partial charge is 0.373 e. The summed E-state index contributed by atoms with van der Waals surface area (Å²) >= 11 is 14.1. The molecule has 1 aromatic carbocycles. The molecule has 152 valence electrons. The van der Waals surface area contributed by atoms with E-state index in [1.54, 1.807) is 42.7 Å². The first-order valence-corrected chi connectivity index (χ1v) is 10.4. The SMILES string of the molecule is COC(=O)c1ccc(CSc2nnc(-c3cccnc3)n2-c2cc(Cl)ccc2Cl)o1. The van der Waals surface area contributed by atoms with E-state index in [1.807, 2.05) is 16.7 Å². The molecule has 10 heteroatoms. The minimum absolute atomic E-state index is 0.142. The molecule has 0 aliphatic rings. The fourth-order valence-electron chi connectivity index (χ4n) is 2.72. The fourth-order valence-corrected chi connectivity index (χ4v) is 3.93. The average Bonchev–Trinajstić information content (AvgIpc) is 3.41. The number of hydrogen-bond acceptors (Lipinski definition) is 7. The number of ether oxygens (including phenoxy) is 1. The molecule has 0 atom stereocenters. The van der Waals surface area contributed by atoms with Crippen LogP contribution in [0.4, 0.5) is 0 Å². The maximum absolute atomic E-state index is 11.6. The predicted molar refractivity (Wildman–Crippen MR) is 114 cm³/mol. The molecule has 0 aliphatic heterocycles. The lowest BCUT2D eigenvalue weighted by molar-refractivity contribution is 0.0563. The molecule has 0 spiro atoms. The van der Waals surface area contributed by atoms with Crippen molar-refractivity contribution in [3.63, 3.8) is 0 Å². The first-order valence-electron chi connectivity index (χ1n) is 8.68. The Morgan fingerprint density at radius 3 is 2.83 bits per heavy atom. The quantitative estimate of drug-likeness (QED) is 0.284. The number of pyridine rings is 1. The average molecular weight is 461 g/mol. The molecule has 0 radical (unpaired) electrons. The van der Waals surface area contributed by atoms with Crippen molar-refractivity contribution in [1.82, 2.24) is 19.7 Å². The summed E-state index contributed by atoms with van der Waals surface area (Å²) in [5.74, 6) is 1.20. The van der Waals surface area contributed by atoms with Crippen molar-refractivity contribution in [1.29, 1.82) is 0 Å². The number of halogens is 2. The summed E-state index contributed by atoms with van der Waals surface area (Å²) in [5.41, 5.74) is 1.42. The number of esters is 1. The number of nitrogens with zero attached hydrogens (tertiary/aromatic N) is 4. The van der Waals surface area contributed by atoms with Crippen LogP contribution in [0.5, 0.6) is 0 Å². The van der Waals surface area contributed by atoms with Gasteiger partial charge in [0, 0.05) is 23.0 Å². The number of carbonyl (C=O) groups is 1. The van der Waals surface area contributed by atoms with Crippen LogP contribution in [-0.2, 0) is 10.5 Å². The van der Waals surface area contributed by atoms with Gasteiger partial charge in [-0.1, -0.05) is 35.0 Å². The second-order valence-corrected chi connectivity index (χ2v) is 7.81. The molecule has 0 N–H and O–H groups in total. The zero-order valence-electron chi connectivity index (χ0n) is 15.6. The van der Waals surface area contributed by atoms with E-state index in [2.05, 4.69) is 19.9 Å². The highest BCUT2D eigenvalue weighted by Crippen LogP contribution is 2.34. The van der Waals surface area contributed by atoms with Crippen LogP contribution < -0.4 is 0 Å². The van der Waals surface area contributed by atoms with Gasteiger partial charge in [0.05, 0.1) is 23.6 Å². The number of methoxy groups -OCH3 is 1. The lowest BCUT2D eigenvalue weighted by Crippen LogP contribution is -2.01. The summed E-state index contributed by atoms with van der Waals surface area (Å²) in [4.78, 5) is 15.7. The van der Waals surface area contributed by atoms with Crippen LogP contribution in [-0.4, -0.2) is 32.8 Å². The third-order valence-corrected chi connectivity index (χ3v) is 5.60. The third-order valence-electron chi connectivity index (χ3n) is 4.09. The van der Waals surface area contributed by atoms with E-state index in [0.29, 0.717) is 38.2 Å². The first-order chi connectivity index (χ1) is 14.6. The Morgan fingerprint density at radius 1 is 1.20 bits per heavy atom. The molecule has 0 fully saturated rings. The van der Waals surface area contributed by atoms with Crippen molar-refractivity contribution in [3.05, 3.63) is 76.4 Å². The van der Waals surface area contributed by atoms with Gasteiger partial charge in [-0.3, -0.25) is 9.55 Å². The molecule has 4 rings (SSSR count). The van der Waals surface area contributed by atoms with Crippen LogP contribution in [0.3, 0.4) is 0 Å². The summed E-state index contributed by atoms with van der Waals surface area (Å²) < 4.78 is 12.0. The number of hydrogen-bond donors (Lipinski definition) is 0. The van der Waals surface area contributed by atoms with Crippen LogP contribution in [0.1, 0.15) is 16.3 Å². The van der Waals surface area contributed by atoms with Crippen LogP contribution in [0, 0.1) is 0 Å². The van der Waals surface area contributed by atoms with E-state index >= 15 is 0 Å². The monoisotopic (exact) mass is 460 g/mol. The number of carbonyl (C=O) groups excluding carboxylic acids is 1. The Bertz CT molecular complexity index is 1190. The second kappa shape index (κ2) is 8.91. The van der Waals surface area contributed by atoms with Gasteiger partial charge in [-0.2, -0.15) is 0 Å². The van der Waals surface area contributed by atoms with Gasteiger partial charge >= 0.3 is 5.97 Å². The number of aromatic nitrogens is 4. The molecule has 3 heterocycles. The van der Waals surface area contributed by atoms with Crippen molar-refractivity contribution in [2.45, 2.75) is 10.9 Å². The highest BCUT2D eigenvalue weighted by atomic mass is 35.5. The van der Waals surface area contributed by atoms with Gasteiger partial charge in [0.15, 0.2) is 11.0 Å². The summed E-state index contributed by atoms with van der Waals surface area (Å²) in [7, 11) is 1.30. The van der Waals surface area contributed by atoms with E-state index < -0.39 is 5.97 Å². The van der Waals surface area contributed by atoms with Crippen molar-refractivity contribution >= 4 is 40.9 Å². The van der Waals surface area contributed by atoms with Crippen molar-refractivity contribution in [3.8, 4) is 17.1 Å². The fraction of sp³-hybridized carbons (Fsp3) is 0.100. The zero-order valence-corrected chi connectivity index (χ0v) is 17.9. The largest absolute Gasteiger partial charge is 0.463 e. The van der Waals surface area contributed by atoms with E-state index in [-0.39, 0.29) is 5.76 Å². The zero-order chi connectivity index (χ0) is 21.1. The molecule has 7 nitrogen and oxygen atoms in total. The molecular weight excluding hydrogens is 447 g/mol. The molecule has 3 aromatic heterocycles. The minimum Gasteiger partial charge on any atom is -0.463 e. The van der Waals surface area contributed by atoms with Crippen molar-refractivity contribution in [2.75, 3.05) is 7.11 Å². The molecule has 0 saturated heterocycles. The van der Waals surface area contributed by atoms with Gasteiger partial charge in [0.25, 0.3) is 0 Å². The number of furan rings is 1. The van der Waals surface area contributed by atoms with E-state index in [0.717, 1.165) is 5.56 Å². The first kappa shape index (κ1) is 20.5. The molecule has 4 aromatic rings. The summed E-state index contributed by atoms with van der Waals surface area (Å²) in [6.45, 7) is 0. The molecule has 0 saturated carbocycles. The van der Waals surface area contributed by atoms with Gasteiger partial charge in [0.2, 0.25) is 5.76 Å². The number of rotatable bonds is 6. The Morgan fingerprint density at radius 2 is 2.07 bits per heavy atom. The topological polar surface area (TPSA) is 83.0 Å². The van der Waals surface area contributed by atoms with Crippen molar-refractivity contribution in [2.24, 2.45) is 0 Å². The molecule has 30 heavy (non-hydrogen) atoms. The van der Waals surface area contributed by atoms with Crippen LogP contribution in [0.25, 0.3) is 17.1 Å². The van der Waals surface area contributed by atoms with Gasteiger partial charge < -0.3 is 9.15 Å². The summed E-state index contributed by atoms with van der Waals surface area (Å²) in [6.07, 6.45) is 3.38. The van der Waals surface area contributed by atoms with E-state index in [4.69, 9.17) is 27.6 Å². The van der Waals surface area contributed by atoms with Gasteiger partial charge in [0.1, 0.15) is 5.76 Å². The highest BCUT2D eigenvalue weighted by Gasteiger charge is 2.20. The second-order valence-electron chi connectivity index (χ2n) is 6.03. The van der Waals surface area contributed by atoms with Gasteiger partial charge in [-0.05, 0) is 42.5 Å². The highest BCUT2D eigenvalue weighted by molar-refractivity contribution is 7.98. The maximum Gasteiger partial charge on any atom is 0.373 e. The number of thioether (sulfide) groups is 1. The lowest BCUT2D eigenvalue weighted by Gasteiger charge is -2.12. The molecule has 0 amide bonds. The summed E-state index contributed by atoms with van der Waals surface area (Å²) in [5, 5.41) is 10.3. The number of benzene rings is 1. The Kier molecular flexibility index (Phi) is 6.08. The van der Waals surface area contributed by atoms with Crippen molar-refractivity contribution < 1.29 is 13.9 Å². The predicted octanol–water partition coefficient (Wildman–Crippen LogP) is 5.31. The third kappa shape index (κ3) is 4.21. The van der Waals surface area contributed by atoms with E-state index in [9.17, 15) is 4.79 Å². The molecule has 0 bridgehead atoms. The van der Waals surface area contributed by atoms with Gasteiger partial charge in [-0.15, -0.1) is 10.2 Å². The molecule has 0 unspecified atom stereocenters. The Balaban J connectivity index is 1.71. The maximum atomic E-state index is 11.6. The van der Waals surface area contributed by atoms with Gasteiger partial charge in [-0.25, -0.2) is 4.79 Å². The lowest BCUT2D eigenvalue weighted by atomic mass is 10.2. The minimum atomic E-state index is -0.529.